The number of carbonyl (C=O) groups is 1. The van der Waals surface area contributed by atoms with Gasteiger partial charge in [0.05, 0.1) is 17.6 Å². The third kappa shape index (κ3) is 3.04. The molecule has 27 heavy (non-hydrogen) atoms. The molecule has 0 aromatic carbocycles. The van der Waals surface area contributed by atoms with E-state index < -0.39 is 17.9 Å². The smallest absolute Gasteiger partial charge is 0.324 e. The van der Waals surface area contributed by atoms with Gasteiger partial charge in [0, 0.05) is 43.2 Å². The van der Waals surface area contributed by atoms with E-state index in [1.165, 1.54) is 6.20 Å². The second-order valence-corrected chi connectivity index (χ2v) is 6.71. The molecule has 1 unspecified atom stereocenters. The standard InChI is InChI=1S/C17H17F3N6O/c1-9-13-6-11(7-21-14(13)25(2)24-9)23-15(27)10-3-4-26-12(5-10)8-22-16(26)17(18,19)20/h6-8,10H,3-5H2,1-2H3,(H,23,27). The van der Waals surface area contributed by atoms with Crippen LogP contribution in [-0.4, -0.2) is 30.2 Å². The molecule has 7 nitrogen and oxygen atoms in total. The molecule has 0 fully saturated rings. The van der Waals surface area contributed by atoms with Crippen molar-refractivity contribution in [3.63, 3.8) is 0 Å². The lowest BCUT2D eigenvalue weighted by atomic mass is 9.95. The molecule has 142 valence electrons. The molecular weight excluding hydrogens is 361 g/mol. The Kier molecular flexibility index (Phi) is 3.93. The molecule has 3 aromatic rings. The summed E-state index contributed by atoms with van der Waals surface area (Å²) in [5.41, 5.74) is 2.48. The molecule has 1 atom stereocenters. The van der Waals surface area contributed by atoms with Gasteiger partial charge in [-0.3, -0.25) is 9.48 Å². The highest BCUT2D eigenvalue weighted by Gasteiger charge is 2.39. The van der Waals surface area contributed by atoms with Crippen molar-refractivity contribution in [1.29, 1.82) is 0 Å². The van der Waals surface area contributed by atoms with Gasteiger partial charge in [0.25, 0.3) is 0 Å². The number of imidazole rings is 1. The van der Waals surface area contributed by atoms with Gasteiger partial charge in [-0.2, -0.15) is 18.3 Å². The van der Waals surface area contributed by atoms with E-state index in [0.29, 0.717) is 23.4 Å². The molecule has 1 amide bonds. The van der Waals surface area contributed by atoms with Gasteiger partial charge in [0.15, 0.2) is 5.65 Å². The van der Waals surface area contributed by atoms with E-state index >= 15 is 0 Å². The fourth-order valence-electron chi connectivity index (χ4n) is 3.53. The molecule has 1 aliphatic rings. The topological polar surface area (TPSA) is 77.6 Å². The van der Waals surface area contributed by atoms with Crippen LogP contribution in [0, 0.1) is 12.8 Å². The maximum atomic E-state index is 12.9. The number of amides is 1. The lowest BCUT2D eigenvalue weighted by Crippen LogP contribution is -2.31. The summed E-state index contributed by atoms with van der Waals surface area (Å²) in [7, 11) is 1.79. The molecule has 1 aliphatic heterocycles. The van der Waals surface area contributed by atoms with Gasteiger partial charge in [0.1, 0.15) is 0 Å². The summed E-state index contributed by atoms with van der Waals surface area (Å²) in [4.78, 5) is 20.4. The molecule has 0 spiro atoms. The number of hydrogen-bond acceptors (Lipinski definition) is 4. The van der Waals surface area contributed by atoms with Crippen LogP contribution in [0.1, 0.15) is 23.6 Å². The number of rotatable bonds is 2. The number of aryl methyl sites for hydroxylation is 2. The number of fused-ring (bicyclic) bond motifs is 2. The third-order valence-electron chi connectivity index (χ3n) is 4.85. The van der Waals surface area contributed by atoms with Gasteiger partial charge in [-0.25, -0.2) is 9.97 Å². The zero-order chi connectivity index (χ0) is 19.3. The number of alkyl halides is 3. The van der Waals surface area contributed by atoms with Crippen molar-refractivity contribution >= 4 is 22.6 Å². The number of carbonyl (C=O) groups excluding carboxylic acids is 1. The highest BCUT2D eigenvalue weighted by Crippen LogP contribution is 2.32. The number of nitrogens with zero attached hydrogens (tertiary/aromatic N) is 5. The first-order valence-corrected chi connectivity index (χ1v) is 8.46. The van der Waals surface area contributed by atoms with Crippen molar-refractivity contribution in [3.05, 3.63) is 35.7 Å². The minimum absolute atomic E-state index is 0.112. The Balaban J connectivity index is 1.51. The molecule has 4 heterocycles. The molecule has 0 bridgehead atoms. The van der Waals surface area contributed by atoms with E-state index in [9.17, 15) is 18.0 Å². The molecule has 0 aliphatic carbocycles. The monoisotopic (exact) mass is 378 g/mol. The predicted molar refractivity (Wildman–Crippen MR) is 90.9 cm³/mol. The highest BCUT2D eigenvalue weighted by atomic mass is 19.4. The fourth-order valence-corrected chi connectivity index (χ4v) is 3.53. The van der Waals surface area contributed by atoms with Crippen molar-refractivity contribution < 1.29 is 18.0 Å². The second-order valence-electron chi connectivity index (χ2n) is 6.71. The van der Waals surface area contributed by atoms with Gasteiger partial charge in [-0.05, 0) is 19.4 Å². The number of anilines is 1. The summed E-state index contributed by atoms with van der Waals surface area (Å²) in [6.07, 6.45) is -1.20. The van der Waals surface area contributed by atoms with E-state index in [4.69, 9.17) is 0 Å². The molecule has 3 aromatic heterocycles. The fraction of sp³-hybridized carbons (Fsp3) is 0.412. The van der Waals surface area contributed by atoms with Crippen molar-refractivity contribution in [1.82, 2.24) is 24.3 Å². The maximum absolute atomic E-state index is 12.9. The van der Waals surface area contributed by atoms with Gasteiger partial charge in [-0.1, -0.05) is 0 Å². The Bertz CT molecular complexity index is 1040. The molecule has 0 radical (unpaired) electrons. The molecule has 10 heteroatoms. The minimum Gasteiger partial charge on any atom is -0.324 e. The van der Waals surface area contributed by atoms with Crippen molar-refractivity contribution in [2.24, 2.45) is 13.0 Å². The third-order valence-corrected chi connectivity index (χ3v) is 4.85. The Morgan fingerprint density at radius 1 is 1.30 bits per heavy atom. The molecular formula is C17H17F3N6O. The number of nitrogens with one attached hydrogen (secondary N) is 1. The van der Waals surface area contributed by atoms with E-state index in [2.05, 4.69) is 20.4 Å². The zero-order valence-corrected chi connectivity index (χ0v) is 14.7. The van der Waals surface area contributed by atoms with Crippen LogP contribution in [0.25, 0.3) is 11.0 Å². The van der Waals surface area contributed by atoms with E-state index in [0.717, 1.165) is 15.6 Å². The average molecular weight is 378 g/mol. The number of hydrogen-bond donors (Lipinski definition) is 1. The van der Waals surface area contributed by atoms with Crippen LogP contribution in [0.5, 0.6) is 0 Å². The molecule has 1 N–H and O–H groups in total. The SMILES string of the molecule is Cc1nn(C)c2ncc(NC(=O)C3CCn4c(cnc4C(F)(F)F)C3)cc12. The van der Waals surface area contributed by atoms with Crippen LogP contribution in [0.15, 0.2) is 18.5 Å². The van der Waals surface area contributed by atoms with E-state index in [1.54, 1.807) is 24.0 Å². The summed E-state index contributed by atoms with van der Waals surface area (Å²) in [5, 5.41) is 7.94. The number of halogens is 3. The molecule has 4 rings (SSSR count). The van der Waals surface area contributed by atoms with Gasteiger partial charge in [-0.15, -0.1) is 0 Å². The average Bonchev–Trinajstić information content (AvgIpc) is 3.15. The van der Waals surface area contributed by atoms with Crippen molar-refractivity contribution in [3.8, 4) is 0 Å². The molecule has 0 saturated carbocycles. The lowest BCUT2D eigenvalue weighted by Gasteiger charge is -2.24. The number of aromatic nitrogens is 5. The largest absolute Gasteiger partial charge is 0.449 e. The van der Waals surface area contributed by atoms with E-state index in [-0.39, 0.29) is 18.9 Å². The van der Waals surface area contributed by atoms with Crippen LogP contribution in [0.4, 0.5) is 18.9 Å². The van der Waals surface area contributed by atoms with Crippen LogP contribution in [0.2, 0.25) is 0 Å². The van der Waals surface area contributed by atoms with Crippen LogP contribution < -0.4 is 5.32 Å². The summed E-state index contributed by atoms with van der Waals surface area (Å²) in [6, 6.07) is 1.80. The lowest BCUT2D eigenvalue weighted by molar-refractivity contribution is -0.147. The first kappa shape index (κ1) is 17.5. The van der Waals surface area contributed by atoms with E-state index in [1.807, 2.05) is 6.92 Å². The first-order chi connectivity index (χ1) is 12.7. The Morgan fingerprint density at radius 3 is 2.81 bits per heavy atom. The normalized spacial score (nSPS) is 17.1. The first-order valence-electron chi connectivity index (χ1n) is 8.46. The summed E-state index contributed by atoms with van der Waals surface area (Å²) >= 11 is 0. The van der Waals surface area contributed by atoms with Gasteiger partial charge < -0.3 is 9.88 Å². The van der Waals surface area contributed by atoms with Crippen LogP contribution in [0.3, 0.4) is 0 Å². The Hall–Kier alpha value is -2.91. The van der Waals surface area contributed by atoms with Crippen LogP contribution in [-0.2, 0) is 31.0 Å². The predicted octanol–water partition coefficient (Wildman–Crippen LogP) is 2.69. The summed E-state index contributed by atoms with van der Waals surface area (Å²) in [6.45, 7) is 1.97. The Labute approximate surface area is 152 Å². The molecule has 0 saturated heterocycles. The maximum Gasteiger partial charge on any atom is 0.449 e. The quantitative estimate of drug-likeness (QED) is 0.744. The highest BCUT2D eigenvalue weighted by molar-refractivity contribution is 5.94. The summed E-state index contributed by atoms with van der Waals surface area (Å²) in [5.74, 6) is -1.56. The van der Waals surface area contributed by atoms with Gasteiger partial charge in [0.2, 0.25) is 11.7 Å². The zero-order valence-electron chi connectivity index (χ0n) is 14.7. The Morgan fingerprint density at radius 2 is 2.07 bits per heavy atom. The minimum atomic E-state index is -4.49. The summed E-state index contributed by atoms with van der Waals surface area (Å²) < 4.78 is 41.6. The van der Waals surface area contributed by atoms with Crippen molar-refractivity contribution in [2.45, 2.75) is 32.5 Å². The van der Waals surface area contributed by atoms with Crippen LogP contribution >= 0.6 is 0 Å². The van der Waals surface area contributed by atoms with Gasteiger partial charge >= 0.3 is 6.18 Å². The number of pyridine rings is 1. The van der Waals surface area contributed by atoms with Crippen molar-refractivity contribution in [2.75, 3.05) is 5.32 Å². The second kappa shape index (κ2) is 6.07.